The van der Waals surface area contributed by atoms with Crippen LogP contribution in [0.4, 0.5) is 0 Å². The Kier molecular flexibility index (Phi) is 5.52. The zero-order valence-electron chi connectivity index (χ0n) is 16.5. The van der Waals surface area contributed by atoms with Crippen LogP contribution >= 0.6 is 11.6 Å². The van der Waals surface area contributed by atoms with Crippen LogP contribution in [-0.2, 0) is 19.6 Å². The van der Waals surface area contributed by atoms with Gasteiger partial charge in [0, 0.05) is 53.6 Å². The van der Waals surface area contributed by atoms with E-state index in [1.165, 1.54) is 6.07 Å². The van der Waals surface area contributed by atoms with Gasteiger partial charge in [0.15, 0.2) is 11.5 Å². The summed E-state index contributed by atoms with van der Waals surface area (Å²) < 4.78 is 17.0. The maximum absolute atomic E-state index is 11.7. The molecule has 0 radical (unpaired) electrons. The van der Waals surface area contributed by atoms with E-state index in [1.54, 1.807) is 26.4 Å². The molecular formula is C21H20ClN3O5. The third-order valence-corrected chi connectivity index (χ3v) is 5.20. The van der Waals surface area contributed by atoms with E-state index in [-0.39, 0.29) is 0 Å². The molecule has 2 N–H and O–H groups in total. The average Bonchev–Trinajstić information content (AvgIpc) is 2.69. The molecule has 0 fully saturated rings. The Bertz CT molecular complexity index is 1180. The fraction of sp³-hybridized carbons (Fsp3) is 0.238. The minimum absolute atomic E-state index is 0.331. The predicted octanol–water partition coefficient (Wildman–Crippen LogP) is 3.04. The highest BCUT2D eigenvalue weighted by molar-refractivity contribution is 6.31. The van der Waals surface area contributed by atoms with Gasteiger partial charge in [-0.3, -0.25) is 14.7 Å². The number of nitrogens with one attached hydrogen (secondary N) is 2. The van der Waals surface area contributed by atoms with Gasteiger partial charge in [-0.1, -0.05) is 17.7 Å². The maximum Gasteiger partial charge on any atom is 0.325 e. The molecule has 0 spiro atoms. The van der Waals surface area contributed by atoms with E-state index in [1.807, 2.05) is 18.2 Å². The summed E-state index contributed by atoms with van der Waals surface area (Å²) in [6, 6.07) is 10.5. The number of aromatic nitrogens is 2. The first-order valence-corrected chi connectivity index (χ1v) is 9.59. The van der Waals surface area contributed by atoms with Crippen LogP contribution in [0.2, 0.25) is 5.02 Å². The molecular weight excluding hydrogens is 410 g/mol. The molecule has 0 unspecified atom stereocenters. The highest BCUT2D eigenvalue weighted by atomic mass is 35.5. The van der Waals surface area contributed by atoms with E-state index in [2.05, 4.69) is 14.9 Å². The monoisotopic (exact) mass is 429 g/mol. The molecule has 30 heavy (non-hydrogen) atoms. The lowest BCUT2D eigenvalue weighted by Gasteiger charge is -2.28. The van der Waals surface area contributed by atoms with Gasteiger partial charge >= 0.3 is 5.69 Å². The number of halogens is 1. The molecule has 1 aliphatic rings. The lowest BCUT2D eigenvalue weighted by Crippen LogP contribution is -2.29. The van der Waals surface area contributed by atoms with Gasteiger partial charge in [-0.15, -0.1) is 0 Å². The van der Waals surface area contributed by atoms with Crippen LogP contribution in [0.1, 0.15) is 16.8 Å². The van der Waals surface area contributed by atoms with Crippen molar-refractivity contribution in [2.24, 2.45) is 0 Å². The molecule has 0 saturated carbocycles. The second-order valence-corrected chi connectivity index (χ2v) is 7.30. The van der Waals surface area contributed by atoms with E-state index in [9.17, 15) is 9.59 Å². The first-order chi connectivity index (χ1) is 14.5. The number of benzene rings is 2. The van der Waals surface area contributed by atoms with Gasteiger partial charge in [0.25, 0.3) is 5.56 Å². The van der Waals surface area contributed by atoms with Gasteiger partial charge in [-0.05, 0) is 18.2 Å². The van der Waals surface area contributed by atoms with Crippen LogP contribution in [0.25, 0.3) is 0 Å². The molecule has 0 saturated heterocycles. The summed E-state index contributed by atoms with van der Waals surface area (Å²) in [6.45, 7) is 1.25. The van der Waals surface area contributed by atoms with Crippen LogP contribution in [0.5, 0.6) is 23.0 Å². The standard InChI is InChI=1S/C21H20ClN3O5/c1-28-18-6-12-9-25(10-13-7-20(26)24-21(27)23-13)11-14-15(22)4-3-5-16(14)30-17(12)8-19(18)29-2/h3-8H,9-11H2,1-2H3,(H2,23,24,26,27). The summed E-state index contributed by atoms with van der Waals surface area (Å²) >= 11 is 6.46. The van der Waals surface area contributed by atoms with Crippen LogP contribution < -0.4 is 25.5 Å². The van der Waals surface area contributed by atoms with Gasteiger partial charge in [-0.25, -0.2) is 4.79 Å². The number of nitrogens with zero attached hydrogens (tertiary/aromatic N) is 1. The Balaban J connectivity index is 1.81. The van der Waals surface area contributed by atoms with E-state index in [0.29, 0.717) is 53.3 Å². The van der Waals surface area contributed by atoms with Gasteiger partial charge in [-0.2, -0.15) is 0 Å². The molecule has 156 valence electrons. The van der Waals surface area contributed by atoms with Crippen LogP contribution in [0.15, 0.2) is 46.0 Å². The first-order valence-electron chi connectivity index (χ1n) is 9.22. The lowest BCUT2D eigenvalue weighted by atomic mass is 10.1. The summed E-state index contributed by atoms with van der Waals surface area (Å²) in [4.78, 5) is 30.3. The summed E-state index contributed by atoms with van der Waals surface area (Å²) in [7, 11) is 3.13. The molecule has 0 bridgehead atoms. The minimum Gasteiger partial charge on any atom is -0.493 e. The maximum atomic E-state index is 11.7. The minimum atomic E-state index is -0.543. The number of fused-ring (bicyclic) bond motifs is 2. The Morgan fingerprint density at radius 3 is 2.53 bits per heavy atom. The average molecular weight is 430 g/mol. The second kappa shape index (κ2) is 8.25. The first kappa shape index (κ1) is 20.1. The molecule has 1 aliphatic heterocycles. The van der Waals surface area contributed by atoms with Crippen molar-refractivity contribution in [1.29, 1.82) is 0 Å². The molecule has 2 heterocycles. The van der Waals surface area contributed by atoms with Crippen molar-refractivity contribution in [2.75, 3.05) is 14.2 Å². The highest BCUT2D eigenvalue weighted by Gasteiger charge is 2.23. The molecule has 2 aromatic carbocycles. The fourth-order valence-electron chi connectivity index (χ4n) is 3.51. The van der Waals surface area contributed by atoms with Crippen molar-refractivity contribution in [3.63, 3.8) is 0 Å². The number of aromatic amines is 2. The van der Waals surface area contributed by atoms with E-state index >= 15 is 0 Å². The Morgan fingerprint density at radius 1 is 1.03 bits per heavy atom. The van der Waals surface area contributed by atoms with Crippen LogP contribution in [0, 0.1) is 0 Å². The molecule has 9 heteroatoms. The zero-order valence-corrected chi connectivity index (χ0v) is 17.2. The SMILES string of the molecule is COc1cc2c(cc1OC)Oc1cccc(Cl)c1CN(Cc1cc(=O)[nH]c(=O)[nH]1)C2. The van der Waals surface area contributed by atoms with Gasteiger partial charge in [0.05, 0.1) is 14.2 Å². The third kappa shape index (κ3) is 4.05. The number of hydrogen-bond acceptors (Lipinski definition) is 6. The molecule has 0 atom stereocenters. The van der Waals surface area contributed by atoms with Crippen LogP contribution in [0.3, 0.4) is 0 Å². The number of methoxy groups -OCH3 is 2. The van der Waals surface area contributed by atoms with Crippen molar-refractivity contribution in [1.82, 2.24) is 14.9 Å². The Hall–Kier alpha value is -3.23. The van der Waals surface area contributed by atoms with E-state index < -0.39 is 11.2 Å². The van der Waals surface area contributed by atoms with Crippen molar-refractivity contribution < 1.29 is 14.2 Å². The summed E-state index contributed by atoms with van der Waals surface area (Å²) in [5.74, 6) is 2.36. The quantitative estimate of drug-likeness (QED) is 0.661. The van der Waals surface area contributed by atoms with Crippen molar-refractivity contribution in [3.8, 4) is 23.0 Å². The number of rotatable bonds is 4. The second-order valence-electron chi connectivity index (χ2n) is 6.89. The van der Waals surface area contributed by atoms with E-state index in [4.69, 9.17) is 25.8 Å². The predicted molar refractivity (Wildman–Crippen MR) is 112 cm³/mol. The largest absolute Gasteiger partial charge is 0.493 e. The zero-order chi connectivity index (χ0) is 21.3. The van der Waals surface area contributed by atoms with Gasteiger partial charge in [0.1, 0.15) is 11.5 Å². The number of hydrogen-bond donors (Lipinski definition) is 2. The topological polar surface area (TPSA) is 96.7 Å². The smallest absolute Gasteiger partial charge is 0.325 e. The molecule has 0 amide bonds. The van der Waals surface area contributed by atoms with Crippen molar-refractivity contribution >= 4 is 11.6 Å². The van der Waals surface area contributed by atoms with Gasteiger partial charge in [0.2, 0.25) is 0 Å². The highest BCUT2D eigenvalue weighted by Crippen LogP contribution is 2.41. The molecule has 8 nitrogen and oxygen atoms in total. The number of H-pyrrole nitrogens is 2. The van der Waals surface area contributed by atoms with Crippen LogP contribution in [-0.4, -0.2) is 29.1 Å². The third-order valence-electron chi connectivity index (χ3n) is 4.85. The lowest BCUT2D eigenvalue weighted by molar-refractivity contribution is 0.231. The normalized spacial score (nSPS) is 13.4. The Labute approximate surface area is 177 Å². The molecule has 3 aromatic rings. The molecule has 4 rings (SSSR count). The molecule has 1 aromatic heterocycles. The number of ether oxygens (including phenoxy) is 3. The molecule has 0 aliphatic carbocycles. The van der Waals surface area contributed by atoms with Gasteiger partial charge < -0.3 is 19.2 Å². The van der Waals surface area contributed by atoms with Crippen molar-refractivity contribution in [2.45, 2.75) is 19.6 Å². The summed E-state index contributed by atoms with van der Waals surface area (Å²) in [5, 5.41) is 0.570. The van der Waals surface area contributed by atoms with E-state index in [0.717, 1.165) is 11.1 Å². The fourth-order valence-corrected chi connectivity index (χ4v) is 3.73. The van der Waals surface area contributed by atoms with Crippen molar-refractivity contribution in [3.05, 3.63) is 79.1 Å². The summed E-state index contributed by atoms with van der Waals surface area (Å²) in [6.07, 6.45) is 0. The Morgan fingerprint density at radius 2 is 1.80 bits per heavy atom. The summed E-state index contributed by atoms with van der Waals surface area (Å²) in [5.41, 5.74) is 1.19.